The summed E-state index contributed by atoms with van der Waals surface area (Å²) in [5.41, 5.74) is 4.76. The molecule has 0 spiro atoms. The Bertz CT molecular complexity index is 713. The standard InChI is InChI=1S/C19H29N3O2.CH2O2/c1-13(2)18-9-16(14(3)8-19(18)24-5)11-22(6-7-23)12-17-10-20-15(4)21-17;2-1-3/h8-10,13,23H,6-7,11-12H2,1-5H3,(H,20,21);1H,(H,2,3). The van der Waals surface area contributed by atoms with Gasteiger partial charge in [-0.1, -0.05) is 19.9 Å². The van der Waals surface area contributed by atoms with Crippen LogP contribution in [0.5, 0.6) is 5.75 Å². The normalized spacial score (nSPS) is 10.7. The number of nitrogens with zero attached hydrogens (tertiary/aromatic N) is 2. The quantitative estimate of drug-likeness (QED) is 0.612. The highest BCUT2D eigenvalue weighted by Crippen LogP contribution is 2.30. The molecule has 2 rings (SSSR count). The Labute approximate surface area is 161 Å². The van der Waals surface area contributed by atoms with Gasteiger partial charge in [0, 0.05) is 31.5 Å². The number of carbonyl (C=O) groups is 1. The Hall–Kier alpha value is -2.38. The zero-order valence-electron chi connectivity index (χ0n) is 16.8. The van der Waals surface area contributed by atoms with E-state index >= 15 is 0 Å². The number of aliphatic hydroxyl groups excluding tert-OH is 1. The number of rotatable bonds is 8. The van der Waals surface area contributed by atoms with Gasteiger partial charge < -0.3 is 19.9 Å². The third-order valence-electron chi connectivity index (χ3n) is 4.27. The molecule has 0 bridgehead atoms. The molecule has 1 aromatic heterocycles. The SMILES string of the molecule is COc1cc(C)c(CN(CCO)Cc2cnc(C)[nH]2)cc1C(C)C.O=CO. The van der Waals surface area contributed by atoms with Gasteiger partial charge in [0.1, 0.15) is 11.6 Å². The summed E-state index contributed by atoms with van der Waals surface area (Å²) in [6.45, 7) is 10.4. The number of aromatic amines is 1. The van der Waals surface area contributed by atoms with Gasteiger partial charge in [-0.25, -0.2) is 4.98 Å². The second kappa shape index (κ2) is 11.4. The van der Waals surface area contributed by atoms with Gasteiger partial charge in [-0.2, -0.15) is 0 Å². The first kappa shape index (κ1) is 22.7. The highest BCUT2D eigenvalue weighted by Gasteiger charge is 2.14. The van der Waals surface area contributed by atoms with Crippen LogP contribution < -0.4 is 4.74 Å². The average molecular weight is 377 g/mol. The Balaban J connectivity index is 0.00000114. The Kier molecular flexibility index (Phi) is 9.53. The maximum atomic E-state index is 9.40. The highest BCUT2D eigenvalue weighted by molar-refractivity contribution is 5.44. The van der Waals surface area contributed by atoms with E-state index in [1.807, 2.05) is 13.1 Å². The van der Waals surface area contributed by atoms with Gasteiger partial charge in [0.15, 0.2) is 0 Å². The molecule has 2 aromatic rings. The zero-order valence-corrected chi connectivity index (χ0v) is 16.8. The van der Waals surface area contributed by atoms with Crippen molar-refractivity contribution >= 4 is 6.47 Å². The van der Waals surface area contributed by atoms with Crippen LogP contribution in [0.3, 0.4) is 0 Å². The van der Waals surface area contributed by atoms with Crippen LogP contribution in [0.4, 0.5) is 0 Å². The molecule has 7 heteroatoms. The molecule has 7 nitrogen and oxygen atoms in total. The van der Waals surface area contributed by atoms with Gasteiger partial charge in [0.2, 0.25) is 0 Å². The van der Waals surface area contributed by atoms with E-state index < -0.39 is 0 Å². The largest absolute Gasteiger partial charge is 0.496 e. The third-order valence-corrected chi connectivity index (χ3v) is 4.27. The summed E-state index contributed by atoms with van der Waals surface area (Å²) in [5, 5.41) is 16.3. The molecule has 0 amide bonds. The van der Waals surface area contributed by atoms with Crippen molar-refractivity contribution in [2.24, 2.45) is 0 Å². The summed E-state index contributed by atoms with van der Waals surface area (Å²) in [4.78, 5) is 18.1. The number of aryl methyl sites for hydroxylation is 2. The molecule has 27 heavy (non-hydrogen) atoms. The highest BCUT2D eigenvalue weighted by atomic mass is 16.5. The van der Waals surface area contributed by atoms with Crippen LogP contribution in [0, 0.1) is 13.8 Å². The van der Waals surface area contributed by atoms with E-state index in [1.54, 1.807) is 7.11 Å². The molecule has 150 valence electrons. The Morgan fingerprint density at radius 1 is 1.30 bits per heavy atom. The summed E-state index contributed by atoms with van der Waals surface area (Å²) in [6, 6.07) is 4.35. The minimum absolute atomic E-state index is 0.138. The summed E-state index contributed by atoms with van der Waals surface area (Å²) in [6.07, 6.45) is 1.86. The van der Waals surface area contributed by atoms with Crippen LogP contribution in [0.1, 0.15) is 48.0 Å². The van der Waals surface area contributed by atoms with Crippen molar-refractivity contribution in [3.8, 4) is 5.75 Å². The first-order valence-corrected chi connectivity index (χ1v) is 8.95. The number of aliphatic hydroxyl groups is 1. The summed E-state index contributed by atoms with van der Waals surface area (Å²) in [7, 11) is 1.72. The minimum Gasteiger partial charge on any atom is -0.496 e. The van der Waals surface area contributed by atoms with Crippen molar-refractivity contribution in [1.82, 2.24) is 14.9 Å². The number of methoxy groups -OCH3 is 1. The number of hydrogen-bond acceptors (Lipinski definition) is 5. The molecule has 0 unspecified atom stereocenters. The third kappa shape index (κ3) is 7.03. The van der Waals surface area contributed by atoms with Crippen LogP contribution in [-0.4, -0.2) is 51.8 Å². The van der Waals surface area contributed by atoms with Crippen LogP contribution in [0.2, 0.25) is 0 Å². The van der Waals surface area contributed by atoms with Crippen molar-refractivity contribution in [2.45, 2.75) is 46.7 Å². The van der Waals surface area contributed by atoms with E-state index in [9.17, 15) is 5.11 Å². The van der Waals surface area contributed by atoms with Gasteiger partial charge in [-0.3, -0.25) is 9.69 Å². The lowest BCUT2D eigenvalue weighted by molar-refractivity contribution is -0.122. The van der Waals surface area contributed by atoms with Gasteiger partial charge in [0.05, 0.1) is 13.7 Å². The number of nitrogens with one attached hydrogen (secondary N) is 1. The van der Waals surface area contributed by atoms with Crippen molar-refractivity contribution in [1.29, 1.82) is 0 Å². The van der Waals surface area contributed by atoms with E-state index in [0.29, 0.717) is 12.5 Å². The lowest BCUT2D eigenvalue weighted by atomic mass is 9.96. The monoisotopic (exact) mass is 377 g/mol. The van der Waals surface area contributed by atoms with E-state index in [1.165, 1.54) is 16.7 Å². The first-order valence-electron chi connectivity index (χ1n) is 8.95. The molecule has 1 heterocycles. The average Bonchev–Trinajstić information content (AvgIpc) is 3.01. The van der Waals surface area contributed by atoms with Crippen LogP contribution >= 0.6 is 0 Å². The first-order chi connectivity index (χ1) is 12.9. The fourth-order valence-electron chi connectivity index (χ4n) is 2.93. The molecule has 1 aromatic carbocycles. The molecule has 0 saturated heterocycles. The van der Waals surface area contributed by atoms with Crippen molar-refractivity contribution in [3.63, 3.8) is 0 Å². The fraction of sp³-hybridized carbons (Fsp3) is 0.500. The number of hydrogen-bond donors (Lipinski definition) is 3. The number of aromatic nitrogens is 2. The Morgan fingerprint density at radius 2 is 1.96 bits per heavy atom. The molecule has 0 fully saturated rings. The maximum Gasteiger partial charge on any atom is 0.290 e. The maximum absolute atomic E-state index is 9.40. The van der Waals surface area contributed by atoms with Crippen LogP contribution in [0.25, 0.3) is 0 Å². The second-order valence-electron chi connectivity index (χ2n) is 6.71. The number of ether oxygens (including phenoxy) is 1. The molecular weight excluding hydrogens is 346 g/mol. The van der Waals surface area contributed by atoms with Crippen molar-refractivity contribution in [2.75, 3.05) is 20.3 Å². The summed E-state index contributed by atoms with van der Waals surface area (Å²) in [5.74, 6) is 2.27. The predicted molar refractivity (Wildman–Crippen MR) is 105 cm³/mol. The van der Waals surface area contributed by atoms with Gasteiger partial charge >= 0.3 is 0 Å². The molecule has 0 aliphatic rings. The Morgan fingerprint density at radius 3 is 2.44 bits per heavy atom. The van der Waals surface area contributed by atoms with Crippen molar-refractivity contribution < 1.29 is 19.7 Å². The molecule has 3 N–H and O–H groups in total. The van der Waals surface area contributed by atoms with Crippen molar-refractivity contribution in [3.05, 3.63) is 46.5 Å². The van der Waals surface area contributed by atoms with Crippen LogP contribution in [0.15, 0.2) is 18.3 Å². The molecule has 0 aliphatic carbocycles. The number of carboxylic acid groups (broad SMARTS) is 1. The fourth-order valence-corrected chi connectivity index (χ4v) is 2.93. The number of benzene rings is 1. The molecule has 0 atom stereocenters. The number of H-pyrrole nitrogens is 1. The van der Waals surface area contributed by atoms with Gasteiger partial charge in [0.25, 0.3) is 6.47 Å². The van der Waals surface area contributed by atoms with E-state index in [-0.39, 0.29) is 13.1 Å². The lowest BCUT2D eigenvalue weighted by Gasteiger charge is -2.23. The van der Waals surface area contributed by atoms with E-state index in [2.05, 4.69) is 47.8 Å². The minimum atomic E-state index is -0.250. The molecule has 0 aliphatic heterocycles. The van der Waals surface area contributed by atoms with Gasteiger partial charge in [-0.05, 0) is 42.5 Å². The molecule has 0 saturated carbocycles. The summed E-state index contributed by atoms with van der Waals surface area (Å²) >= 11 is 0. The molecule has 0 radical (unpaired) electrons. The number of imidazole rings is 1. The zero-order chi connectivity index (χ0) is 20.4. The predicted octanol–water partition coefficient (Wildman–Crippen LogP) is 2.85. The van der Waals surface area contributed by atoms with E-state index in [4.69, 9.17) is 14.6 Å². The van der Waals surface area contributed by atoms with E-state index in [0.717, 1.165) is 30.4 Å². The topological polar surface area (TPSA) is 98.7 Å². The van der Waals surface area contributed by atoms with Gasteiger partial charge in [-0.15, -0.1) is 0 Å². The second-order valence-corrected chi connectivity index (χ2v) is 6.71. The molecular formula is C20H31N3O4. The van der Waals surface area contributed by atoms with Crippen LogP contribution in [-0.2, 0) is 17.9 Å². The lowest BCUT2D eigenvalue weighted by Crippen LogP contribution is -2.26. The summed E-state index contributed by atoms with van der Waals surface area (Å²) < 4.78 is 5.53. The smallest absolute Gasteiger partial charge is 0.290 e.